The summed E-state index contributed by atoms with van der Waals surface area (Å²) in [6, 6.07) is 17.0. The molecule has 0 saturated carbocycles. The Morgan fingerprint density at radius 1 is 1.12 bits per heavy atom. The number of benzene rings is 2. The minimum absolute atomic E-state index is 0.0892. The first-order valence-corrected chi connectivity index (χ1v) is 13.8. The highest BCUT2D eigenvalue weighted by Crippen LogP contribution is 2.52. The van der Waals surface area contributed by atoms with Crippen LogP contribution in [-0.4, -0.2) is 53.3 Å². The first-order valence-electron chi connectivity index (χ1n) is 13.8. The van der Waals surface area contributed by atoms with Gasteiger partial charge in [-0.05, 0) is 71.8 Å². The van der Waals surface area contributed by atoms with E-state index < -0.39 is 48.9 Å². The van der Waals surface area contributed by atoms with Gasteiger partial charge in [0.25, 0.3) is 0 Å². The van der Waals surface area contributed by atoms with Crippen LogP contribution in [0.3, 0.4) is 0 Å². The van der Waals surface area contributed by atoms with E-state index in [0.29, 0.717) is 24.2 Å². The van der Waals surface area contributed by atoms with E-state index in [4.69, 9.17) is 9.39 Å². The quantitative estimate of drug-likeness (QED) is 0.230. The monoisotopic (exact) mass is 543 g/mol. The molecule has 2 saturated heterocycles. The fraction of sp³-hybridized carbons (Fsp3) is 0.387. The molecule has 2 aromatic carbocycles. The molecule has 5 rings (SSSR count). The number of hydrogen-bond acceptors (Lipinski definition) is 7. The van der Waals surface area contributed by atoms with Gasteiger partial charge in [-0.1, -0.05) is 68.0 Å². The summed E-state index contributed by atoms with van der Waals surface area (Å²) in [5.74, 6) is -2.62. The summed E-state index contributed by atoms with van der Waals surface area (Å²) in [5, 5.41) is 20.8. The standard InChI is InChI=1S/C31H34BNO7/c1-18(2)23-16-24-28(30(36)33(29(24)35)31(37)39-3)25-17-32(38)40-26(27(23)25)13-12-21(20-9-5-4-6-10-20)14-19-8-7-11-22(34)15-19/h4-11,14-15,18,24-26,28,34,38H,12-13,16-17H2,1-3H3/b21-14-/t24-,25+,26-,28-/m1/s1. The smallest absolute Gasteiger partial charge is 0.455 e. The van der Waals surface area contributed by atoms with Crippen molar-refractivity contribution in [2.75, 3.05) is 7.11 Å². The Hall–Kier alpha value is -3.69. The van der Waals surface area contributed by atoms with E-state index in [2.05, 4.69) is 13.8 Å². The highest BCUT2D eigenvalue weighted by Gasteiger charge is 2.59. The molecule has 0 unspecified atom stereocenters. The third kappa shape index (κ3) is 5.23. The molecule has 0 bridgehead atoms. The number of allylic oxidation sites excluding steroid dienone is 2. The molecule has 208 valence electrons. The van der Waals surface area contributed by atoms with E-state index in [1.54, 1.807) is 18.2 Å². The SMILES string of the molecule is COC(=O)N1C(=O)[C@@H]2[C@@H](CC(C(C)C)=C3[C@@H](CC/C(=C/c4cccc(O)c4)c4ccccc4)OB(O)C[C@@H]32)C1=O. The average molecular weight is 543 g/mol. The molecule has 2 N–H and O–H groups in total. The summed E-state index contributed by atoms with van der Waals surface area (Å²) >= 11 is 0. The number of fused-ring (bicyclic) bond motifs is 3. The van der Waals surface area contributed by atoms with E-state index >= 15 is 0 Å². The Morgan fingerprint density at radius 3 is 2.55 bits per heavy atom. The number of ether oxygens (including phenoxy) is 1. The van der Waals surface area contributed by atoms with Gasteiger partial charge in [-0.15, -0.1) is 0 Å². The summed E-state index contributed by atoms with van der Waals surface area (Å²) in [4.78, 5) is 39.6. The largest absolute Gasteiger partial charge is 0.508 e. The second-order valence-corrected chi connectivity index (χ2v) is 11.0. The molecule has 40 heavy (non-hydrogen) atoms. The number of phenolic OH excluding ortho intramolecular Hbond substituents is 1. The lowest BCUT2D eigenvalue weighted by molar-refractivity contribution is -0.137. The van der Waals surface area contributed by atoms with E-state index in [1.165, 1.54) is 0 Å². The van der Waals surface area contributed by atoms with Crippen LogP contribution in [0.15, 0.2) is 65.7 Å². The van der Waals surface area contributed by atoms with Gasteiger partial charge in [0.15, 0.2) is 0 Å². The third-order valence-corrected chi connectivity index (χ3v) is 8.33. The van der Waals surface area contributed by atoms with Gasteiger partial charge >= 0.3 is 13.2 Å². The molecular weight excluding hydrogens is 509 g/mol. The molecule has 2 fully saturated rings. The van der Waals surface area contributed by atoms with Gasteiger partial charge in [0, 0.05) is 0 Å². The van der Waals surface area contributed by atoms with Crippen molar-refractivity contribution in [2.45, 2.75) is 45.5 Å². The van der Waals surface area contributed by atoms with Gasteiger partial charge in [0.2, 0.25) is 11.8 Å². The summed E-state index contributed by atoms with van der Waals surface area (Å²) < 4.78 is 10.9. The fourth-order valence-corrected chi connectivity index (χ4v) is 6.58. The van der Waals surface area contributed by atoms with E-state index in [9.17, 15) is 24.5 Å². The number of hydrogen-bond donors (Lipinski definition) is 2. The number of imide groups is 3. The van der Waals surface area contributed by atoms with Crippen LogP contribution in [0.4, 0.5) is 4.79 Å². The Morgan fingerprint density at radius 2 is 1.88 bits per heavy atom. The van der Waals surface area contributed by atoms with Gasteiger partial charge in [-0.3, -0.25) is 9.59 Å². The summed E-state index contributed by atoms with van der Waals surface area (Å²) in [6.45, 7) is 4.11. The van der Waals surface area contributed by atoms with Crippen LogP contribution < -0.4 is 0 Å². The summed E-state index contributed by atoms with van der Waals surface area (Å²) in [6.07, 6.45) is 2.30. The molecule has 0 aromatic heterocycles. The number of carbonyl (C=O) groups excluding carboxylic acids is 3. The van der Waals surface area contributed by atoms with E-state index in [-0.39, 0.29) is 18.0 Å². The molecule has 9 heteroatoms. The minimum atomic E-state index is -1.10. The van der Waals surface area contributed by atoms with Gasteiger partial charge < -0.3 is 19.5 Å². The van der Waals surface area contributed by atoms with Gasteiger partial charge in [0.1, 0.15) is 5.75 Å². The fourth-order valence-electron chi connectivity index (χ4n) is 6.58. The van der Waals surface area contributed by atoms with Crippen molar-refractivity contribution in [3.63, 3.8) is 0 Å². The number of rotatable bonds is 6. The number of phenols is 1. The Balaban J connectivity index is 1.49. The van der Waals surface area contributed by atoms with E-state index in [0.717, 1.165) is 35.0 Å². The second kappa shape index (κ2) is 11.4. The molecule has 2 aromatic rings. The van der Waals surface area contributed by atoms with Crippen LogP contribution >= 0.6 is 0 Å². The molecular formula is C31H34BNO7. The predicted molar refractivity (Wildman–Crippen MR) is 151 cm³/mol. The van der Waals surface area contributed by atoms with Crippen molar-refractivity contribution in [1.82, 2.24) is 4.90 Å². The van der Waals surface area contributed by atoms with Crippen LogP contribution in [-0.2, 0) is 19.0 Å². The van der Waals surface area contributed by atoms with Gasteiger partial charge in [0.05, 0.1) is 25.0 Å². The number of amides is 3. The maximum atomic E-state index is 13.4. The van der Waals surface area contributed by atoms with Crippen molar-refractivity contribution in [2.24, 2.45) is 23.7 Å². The van der Waals surface area contributed by atoms with Crippen LogP contribution in [0.5, 0.6) is 5.75 Å². The van der Waals surface area contributed by atoms with Crippen LogP contribution in [0.25, 0.3) is 11.6 Å². The third-order valence-electron chi connectivity index (χ3n) is 8.33. The maximum Gasteiger partial charge on any atom is 0.455 e. The highest BCUT2D eigenvalue weighted by atomic mass is 16.5. The van der Waals surface area contributed by atoms with Crippen molar-refractivity contribution in [1.29, 1.82) is 0 Å². The molecule has 8 nitrogen and oxygen atoms in total. The van der Waals surface area contributed by atoms with Crippen molar-refractivity contribution in [3.8, 4) is 5.75 Å². The number of carbonyl (C=O) groups is 3. The molecule has 3 aliphatic rings. The van der Waals surface area contributed by atoms with Crippen LogP contribution in [0.2, 0.25) is 6.32 Å². The zero-order valence-corrected chi connectivity index (χ0v) is 22.9. The molecule has 0 radical (unpaired) electrons. The molecule has 2 aliphatic heterocycles. The van der Waals surface area contributed by atoms with E-state index in [1.807, 2.05) is 42.5 Å². The topological polar surface area (TPSA) is 113 Å². The summed E-state index contributed by atoms with van der Waals surface area (Å²) in [7, 11) is 0.0490. The van der Waals surface area contributed by atoms with Crippen molar-refractivity contribution in [3.05, 3.63) is 76.9 Å². The number of methoxy groups -OCH3 is 1. The minimum Gasteiger partial charge on any atom is -0.508 e. The normalized spacial score (nSPS) is 24.9. The zero-order valence-electron chi connectivity index (χ0n) is 22.9. The lowest BCUT2D eigenvalue weighted by Gasteiger charge is -2.44. The van der Waals surface area contributed by atoms with Gasteiger partial charge in [-0.2, -0.15) is 4.90 Å². The van der Waals surface area contributed by atoms with Crippen molar-refractivity contribution < 1.29 is 33.9 Å². The molecule has 1 aliphatic carbocycles. The molecule has 3 amide bonds. The first-order chi connectivity index (χ1) is 19.2. The Kier molecular flexibility index (Phi) is 7.96. The highest BCUT2D eigenvalue weighted by molar-refractivity contribution is 6.43. The lowest BCUT2D eigenvalue weighted by atomic mass is 9.57. The maximum absolute atomic E-state index is 13.4. The number of aromatic hydroxyl groups is 1. The zero-order chi connectivity index (χ0) is 28.6. The number of likely N-dealkylation sites (tertiary alicyclic amines) is 1. The second-order valence-electron chi connectivity index (χ2n) is 11.0. The predicted octanol–water partition coefficient (Wildman–Crippen LogP) is 4.93. The van der Waals surface area contributed by atoms with Crippen LogP contribution in [0.1, 0.15) is 44.2 Å². The molecule has 0 spiro atoms. The average Bonchev–Trinajstić information content (AvgIpc) is 3.19. The van der Waals surface area contributed by atoms with Gasteiger partial charge in [-0.25, -0.2) is 4.79 Å². The van der Waals surface area contributed by atoms with Crippen LogP contribution in [0, 0.1) is 23.7 Å². The Bertz CT molecular complexity index is 1370. The molecule has 2 heterocycles. The van der Waals surface area contributed by atoms with Crippen molar-refractivity contribution >= 4 is 36.7 Å². The lowest BCUT2D eigenvalue weighted by Crippen LogP contribution is -2.46. The molecule has 4 atom stereocenters. The first kappa shape index (κ1) is 27.9. The summed E-state index contributed by atoms with van der Waals surface area (Å²) in [5.41, 5.74) is 4.96. The Labute approximate surface area is 234 Å². The number of nitrogens with zero attached hydrogens (tertiary/aromatic N) is 1.